The maximum absolute atomic E-state index is 12.2. The normalized spacial score (nSPS) is 10.2. The molecule has 0 radical (unpaired) electrons. The van der Waals surface area contributed by atoms with E-state index >= 15 is 0 Å². The summed E-state index contributed by atoms with van der Waals surface area (Å²) in [5.74, 6) is -0.905. The molecule has 0 bridgehead atoms. The molecular formula is C14H10Cl3N3O2. The van der Waals surface area contributed by atoms with Crippen molar-refractivity contribution in [2.24, 2.45) is 0 Å². The summed E-state index contributed by atoms with van der Waals surface area (Å²) in [6.07, 6.45) is 0. The van der Waals surface area contributed by atoms with Crippen LogP contribution in [0.15, 0.2) is 30.3 Å². The van der Waals surface area contributed by atoms with Gasteiger partial charge in [0.2, 0.25) is 0 Å². The lowest BCUT2D eigenvalue weighted by Crippen LogP contribution is -2.19. The largest absolute Gasteiger partial charge is 0.355 e. The van der Waals surface area contributed by atoms with Crippen LogP contribution in [-0.4, -0.2) is 23.8 Å². The van der Waals surface area contributed by atoms with E-state index in [9.17, 15) is 9.59 Å². The Hall–Kier alpha value is -1.82. The molecule has 1 aromatic carbocycles. The zero-order chi connectivity index (χ0) is 16.3. The molecule has 0 spiro atoms. The average Bonchev–Trinajstić information content (AvgIpc) is 2.50. The molecule has 5 nitrogen and oxygen atoms in total. The molecule has 0 aliphatic heterocycles. The van der Waals surface area contributed by atoms with Gasteiger partial charge in [-0.05, 0) is 30.3 Å². The van der Waals surface area contributed by atoms with Crippen molar-refractivity contribution < 1.29 is 9.59 Å². The number of nitrogens with zero attached hydrogens (tertiary/aromatic N) is 1. The zero-order valence-corrected chi connectivity index (χ0v) is 13.6. The Balaban J connectivity index is 2.29. The molecule has 114 valence electrons. The second kappa shape index (κ2) is 6.96. The van der Waals surface area contributed by atoms with Crippen LogP contribution < -0.4 is 10.6 Å². The van der Waals surface area contributed by atoms with Crippen LogP contribution in [0.1, 0.15) is 20.8 Å². The van der Waals surface area contributed by atoms with Crippen LogP contribution in [-0.2, 0) is 0 Å². The third-order valence-corrected chi connectivity index (χ3v) is 3.57. The molecule has 0 saturated carbocycles. The fourth-order valence-electron chi connectivity index (χ4n) is 1.68. The average molecular weight is 359 g/mol. The van der Waals surface area contributed by atoms with Crippen LogP contribution >= 0.6 is 34.8 Å². The summed E-state index contributed by atoms with van der Waals surface area (Å²) >= 11 is 17.6. The summed E-state index contributed by atoms with van der Waals surface area (Å²) < 4.78 is 0. The van der Waals surface area contributed by atoms with E-state index in [1.54, 1.807) is 6.07 Å². The standard InChI is InChI=1S/C14H10Cl3N3O2/c1-18-13(21)8-6-7(2-3-9(8)15)19-14(22)12-10(16)4-5-11(17)20-12/h2-6H,1H3,(H,18,21)(H,19,22). The number of benzene rings is 1. The molecule has 8 heteroatoms. The molecule has 0 aliphatic rings. The Morgan fingerprint density at radius 2 is 1.68 bits per heavy atom. The summed E-state index contributed by atoms with van der Waals surface area (Å²) in [5.41, 5.74) is 0.614. The Bertz CT molecular complexity index is 750. The van der Waals surface area contributed by atoms with Crippen molar-refractivity contribution in [3.8, 4) is 0 Å². The van der Waals surface area contributed by atoms with Crippen molar-refractivity contribution in [2.45, 2.75) is 0 Å². The monoisotopic (exact) mass is 357 g/mol. The molecule has 1 heterocycles. The highest BCUT2D eigenvalue weighted by Gasteiger charge is 2.15. The van der Waals surface area contributed by atoms with Crippen LogP contribution in [0.3, 0.4) is 0 Å². The topological polar surface area (TPSA) is 71.1 Å². The van der Waals surface area contributed by atoms with E-state index in [-0.39, 0.29) is 32.4 Å². The lowest BCUT2D eigenvalue weighted by Gasteiger charge is -2.09. The molecule has 1 aromatic heterocycles. The number of carbonyl (C=O) groups excluding carboxylic acids is 2. The molecule has 22 heavy (non-hydrogen) atoms. The molecule has 0 atom stereocenters. The summed E-state index contributed by atoms with van der Waals surface area (Å²) in [6, 6.07) is 7.48. The summed E-state index contributed by atoms with van der Waals surface area (Å²) in [7, 11) is 1.49. The van der Waals surface area contributed by atoms with Gasteiger partial charge in [-0.2, -0.15) is 0 Å². The van der Waals surface area contributed by atoms with Crippen LogP contribution in [0, 0.1) is 0 Å². The number of hydrogen-bond donors (Lipinski definition) is 2. The number of pyridine rings is 1. The molecule has 2 aromatic rings. The highest BCUT2D eigenvalue weighted by Crippen LogP contribution is 2.22. The number of carbonyl (C=O) groups is 2. The Morgan fingerprint density at radius 3 is 2.36 bits per heavy atom. The van der Waals surface area contributed by atoms with Gasteiger partial charge in [0, 0.05) is 12.7 Å². The molecule has 2 amide bonds. The SMILES string of the molecule is CNC(=O)c1cc(NC(=O)c2nc(Cl)ccc2Cl)ccc1Cl. The summed E-state index contributed by atoms with van der Waals surface area (Å²) in [4.78, 5) is 27.7. The number of nitrogens with one attached hydrogen (secondary N) is 2. The van der Waals surface area contributed by atoms with Crippen molar-refractivity contribution in [3.05, 3.63) is 56.8 Å². The van der Waals surface area contributed by atoms with E-state index in [4.69, 9.17) is 34.8 Å². The van der Waals surface area contributed by atoms with E-state index in [1.807, 2.05) is 0 Å². The Morgan fingerprint density at radius 1 is 1.00 bits per heavy atom. The number of anilines is 1. The highest BCUT2D eigenvalue weighted by atomic mass is 35.5. The van der Waals surface area contributed by atoms with Crippen LogP contribution in [0.5, 0.6) is 0 Å². The fraction of sp³-hybridized carbons (Fsp3) is 0.0714. The van der Waals surface area contributed by atoms with Crippen LogP contribution in [0.25, 0.3) is 0 Å². The van der Waals surface area contributed by atoms with Gasteiger partial charge in [0.05, 0.1) is 15.6 Å². The van der Waals surface area contributed by atoms with Crippen molar-refractivity contribution >= 4 is 52.3 Å². The molecule has 0 unspecified atom stereocenters. The van der Waals surface area contributed by atoms with E-state index in [1.165, 1.54) is 31.3 Å². The zero-order valence-electron chi connectivity index (χ0n) is 11.3. The Kier molecular flexibility index (Phi) is 5.24. The first-order valence-electron chi connectivity index (χ1n) is 6.07. The predicted octanol–water partition coefficient (Wildman–Crippen LogP) is 3.65. The minimum absolute atomic E-state index is 0.00869. The molecule has 0 saturated heterocycles. The van der Waals surface area contributed by atoms with Crippen LogP contribution in [0.4, 0.5) is 5.69 Å². The van der Waals surface area contributed by atoms with E-state index < -0.39 is 5.91 Å². The van der Waals surface area contributed by atoms with Gasteiger partial charge in [-0.1, -0.05) is 34.8 Å². The van der Waals surface area contributed by atoms with Crippen molar-refractivity contribution in [1.29, 1.82) is 0 Å². The minimum atomic E-state index is -0.544. The number of aromatic nitrogens is 1. The fourth-order valence-corrected chi connectivity index (χ4v) is 2.22. The van der Waals surface area contributed by atoms with Gasteiger partial charge in [-0.25, -0.2) is 4.98 Å². The number of hydrogen-bond acceptors (Lipinski definition) is 3. The first-order valence-corrected chi connectivity index (χ1v) is 7.21. The summed E-state index contributed by atoms with van der Waals surface area (Å²) in [5, 5.41) is 5.65. The molecule has 0 fully saturated rings. The first-order chi connectivity index (χ1) is 10.4. The van der Waals surface area contributed by atoms with Gasteiger partial charge in [0.1, 0.15) is 10.8 Å². The quantitative estimate of drug-likeness (QED) is 0.823. The van der Waals surface area contributed by atoms with Gasteiger partial charge >= 0.3 is 0 Å². The lowest BCUT2D eigenvalue weighted by atomic mass is 10.2. The number of rotatable bonds is 3. The van der Waals surface area contributed by atoms with Gasteiger partial charge in [0.15, 0.2) is 0 Å². The van der Waals surface area contributed by atoms with E-state index in [2.05, 4.69) is 15.6 Å². The second-order valence-electron chi connectivity index (χ2n) is 4.19. The maximum atomic E-state index is 12.2. The molecule has 2 rings (SSSR count). The van der Waals surface area contributed by atoms with Gasteiger partial charge in [-0.3, -0.25) is 9.59 Å². The first kappa shape index (κ1) is 16.5. The summed E-state index contributed by atoms with van der Waals surface area (Å²) in [6.45, 7) is 0. The van der Waals surface area contributed by atoms with E-state index in [0.717, 1.165) is 0 Å². The smallest absolute Gasteiger partial charge is 0.275 e. The molecule has 2 N–H and O–H groups in total. The van der Waals surface area contributed by atoms with Crippen molar-refractivity contribution in [3.63, 3.8) is 0 Å². The molecule has 0 aliphatic carbocycles. The third-order valence-electron chi connectivity index (χ3n) is 2.72. The van der Waals surface area contributed by atoms with Gasteiger partial charge in [0.25, 0.3) is 11.8 Å². The highest BCUT2D eigenvalue weighted by molar-refractivity contribution is 6.35. The van der Waals surface area contributed by atoms with Crippen molar-refractivity contribution in [2.75, 3.05) is 12.4 Å². The van der Waals surface area contributed by atoms with Crippen LogP contribution in [0.2, 0.25) is 15.2 Å². The van der Waals surface area contributed by atoms with Gasteiger partial charge in [-0.15, -0.1) is 0 Å². The third kappa shape index (κ3) is 3.68. The van der Waals surface area contributed by atoms with Crippen molar-refractivity contribution in [1.82, 2.24) is 10.3 Å². The molecular weight excluding hydrogens is 349 g/mol. The number of halogens is 3. The Labute approximate surface area is 141 Å². The maximum Gasteiger partial charge on any atom is 0.275 e. The predicted molar refractivity (Wildman–Crippen MR) is 87.1 cm³/mol. The second-order valence-corrected chi connectivity index (χ2v) is 5.39. The number of amides is 2. The lowest BCUT2D eigenvalue weighted by molar-refractivity contribution is 0.0961. The van der Waals surface area contributed by atoms with Gasteiger partial charge < -0.3 is 10.6 Å². The van der Waals surface area contributed by atoms with E-state index in [0.29, 0.717) is 5.69 Å². The minimum Gasteiger partial charge on any atom is -0.355 e.